The first kappa shape index (κ1) is 23.0. The lowest BCUT2D eigenvalue weighted by Gasteiger charge is -2.34. The molecule has 0 radical (unpaired) electrons. The highest BCUT2D eigenvalue weighted by atomic mass is 32.2. The Morgan fingerprint density at radius 3 is 2.27 bits per heavy atom. The van der Waals surface area contributed by atoms with E-state index in [1.165, 1.54) is 23.8 Å². The summed E-state index contributed by atoms with van der Waals surface area (Å²) in [5.41, 5.74) is 1.27. The highest BCUT2D eigenvalue weighted by molar-refractivity contribution is 7.89. The highest BCUT2D eigenvalue weighted by Gasteiger charge is 2.19. The molecule has 1 N–H and O–H groups in total. The molecule has 0 saturated carbocycles. The molecule has 1 aliphatic rings. The maximum absolute atomic E-state index is 12.5. The smallest absolute Gasteiger partial charge is 0.246 e. The van der Waals surface area contributed by atoms with Crippen molar-refractivity contribution in [2.24, 2.45) is 0 Å². The van der Waals surface area contributed by atoms with Crippen molar-refractivity contribution in [2.45, 2.75) is 18.0 Å². The van der Waals surface area contributed by atoms with Crippen LogP contribution in [0.25, 0.3) is 6.08 Å². The molecular formula is C25H27N3O4S. The topological polar surface area (TPSA) is 82.9 Å². The van der Waals surface area contributed by atoms with Gasteiger partial charge in [-0.2, -0.15) is 0 Å². The second-order valence-corrected chi connectivity index (χ2v) is 9.63. The maximum atomic E-state index is 12.5. The van der Waals surface area contributed by atoms with Crippen LogP contribution in [0, 0.1) is 0 Å². The van der Waals surface area contributed by atoms with E-state index >= 15 is 0 Å². The number of benzene rings is 2. The number of amides is 1. The van der Waals surface area contributed by atoms with Crippen molar-refractivity contribution in [3.05, 3.63) is 96.0 Å². The molecule has 3 aromatic rings. The van der Waals surface area contributed by atoms with E-state index in [-0.39, 0.29) is 17.3 Å². The van der Waals surface area contributed by atoms with Crippen LogP contribution < -0.4 is 4.72 Å². The minimum Gasteiger partial charge on any atom is -0.460 e. The van der Waals surface area contributed by atoms with Crippen LogP contribution in [0.5, 0.6) is 0 Å². The molecule has 0 bridgehead atoms. The van der Waals surface area contributed by atoms with E-state index in [1.807, 2.05) is 23.1 Å². The normalized spacial score (nSPS) is 15.2. The van der Waals surface area contributed by atoms with Crippen LogP contribution in [0.4, 0.5) is 0 Å². The summed E-state index contributed by atoms with van der Waals surface area (Å²) in [6.07, 6.45) is 3.12. The van der Waals surface area contributed by atoms with Crippen LogP contribution in [0.3, 0.4) is 0 Å². The number of nitrogens with one attached hydrogen (secondary N) is 1. The molecule has 1 fully saturated rings. The van der Waals surface area contributed by atoms with Crippen molar-refractivity contribution in [3.8, 4) is 0 Å². The zero-order valence-corrected chi connectivity index (χ0v) is 19.1. The predicted octanol–water partition coefficient (Wildman–Crippen LogP) is 3.12. The van der Waals surface area contributed by atoms with Gasteiger partial charge in [0.25, 0.3) is 0 Å². The molecule has 1 saturated heterocycles. The Kier molecular flexibility index (Phi) is 7.39. The summed E-state index contributed by atoms with van der Waals surface area (Å²) < 4.78 is 32.8. The summed E-state index contributed by atoms with van der Waals surface area (Å²) in [7, 11) is -3.61. The number of furan rings is 1. The van der Waals surface area contributed by atoms with Crippen molar-refractivity contribution >= 4 is 22.0 Å². The molecule has 1 amide bonds. The minimum atomic E-state index is -3.61. The number of hydrogen-bond acceptors (Lipinski definition) is 5. The van der Waals surface area contributed by atoms with Crippen LogP contribution in [0.2, 0.25) is 0 Å². The highest BCUT2D eigenvalue weighted by Crippen LogP contribution is 2.13. The Hall–Kier alpha value is -3.20. The maximum Gasteiger partial charge on any atom is 0.246 e. The zero-order valence-electron chi connectivity index (χ0n) is 18.3. The SMILES string of the molecule is O=C(/C=C/c1ccc(CNS(=O)(=O)c2ccccc2)o1)N1CCN(Cc2ccccc2)CC1. The number of rotatable bonds is 8. The number of sulfonamides is 1. The fraction of sp³-hybridized carbons (Fsp3) is 0.240. The predicted molar refractivity (Wildman–Crippen MR) is 127 cm³/mol. The Balaban J connectivity index is 1.25. The van der Waals surface area contributed by atoms with E-state index in [0.29, 0.717) is 24.6 Å². The van der Waals surface area contributed by atoms with E-state index in [1.54, 1.807) is 36.4 Å². The Morgan fingerprint density at radius 2 is 1.58 bits per heavy atom. The van der Waals surface area contributed by atoms with Gasteiger partial charge in [-0.15, -0.1) is 0 Å². The molecule has 0 aliphatic carbocycles. The molecule has 1 aromatic heterocycles. The number of carbonyl (C=O) groups is 1. The number of hydrogen-bond donors (Lipinski definition) is 1. The average Bonchev–Trinajstić information content (AvgIpc) is 3.31. The fourth-order valence-corrected chi connectivity index (χ4v) is 4.67. The zero-order chi connectivity index (χ0) is 23.1. The lowest BCUT2D eigenvalue weighted by Crippen LogP contribution is -2.47. The van der Waals surface area contributed by atoms with Gasteiger partial charge in [-0.25, -0.2) is 13.1 Å². The van der Waals surface area contributed by atoms with Gasteiger partial charge in [0.1, 0.15) is 11.5 Å². The van der Waals surface area contributed by atoms with Crippen LogP contribution in [-0.2, 0) is 27.9 Å². The van der Waals surface area contributed by atoms with E-state index in [0.717, 1.165) is 19.6 Å². The minimum absolute atomic E-state index is 0.0301. The van der Waals surface area contributed by atoms with E-state index < -0.39 is 10.0 Å². The van der Waals surface area contributed by atoms with Crippen molar-refractivity contribution < 1.29 is 17.6 Å². The van der Waals surface area contributed by atoms with Crippen LogP contribution in [-0.4, -0.2) is 50.3 Å². The van der Waals surface area contributed by atoms with Gasteiger partial charge < -0.3 is 9.32 Å². The first-order valence-corrected chi connectivity index (χ1v) is 12.3. The van der Waals surface area contributed by atoms with Crippen LogP contribution in [0.15, 0.2) is 88.2 Å². The van der Waals surface area contributed by atoms with Gasteiger partial charge in [-0.05, 0) is 35.9 Å². The molecule has 4 rings (SSSR count). The Bertz CT molecular complexity index is 1180. The Morgan fingerprint density at radius 1 is 0.909 bits per heavy atom. The molecule has 0 atom stereocenters. The van der Waals surface area contributed by atoms with Gasteiger partial charge in [0.05, 0.1) is 11.4 Å². The molecule has 0 spiro atoms. The first-order chi connectivity index (χ1) is 16.0. The Labute approximate surface area is 194 Å². The molecule has 2 aromatic carbocycles. The second-order valence-electron chi connectivity index (χ2n) is 7.86. The average molecular weight is 466 g/mol. The van der Waals surface area contributed by atoms with Gasteiger partial charge in [0.15, 0.2) is 0 Å². The third-order valence-corrected chi connectivity index (χ3v) is 6.91. The third-order valence-electron chi connectivity index (χ3n) is 5.50. The monoisotopic (exact) mass is 465 g/mol. The molecular weight excluding hydrogens is 438 g/mol. The summed E-state index contributed by atoms with van der Waals surface area (Å²) in [6.45, 7) is 3.95. The van der Waals surface area contributed by atoms with E-state index in [2.05, 4.69) is 21.8 Å². The fourth-order valence-electron chi connectivity index (χ4n) is 3.66. The van der Waals surface area contributed by atoms with Crippen molar-refractivity contribution in [2.75, 3.05) is 26.2 Å². The standard InChI is InChI=1S/C25H27N3O4S/c29-25(28-17-15-27(16-18-28)20-21-7-3-1-4-8-21)14-13-22-11-12-23(32-22)19-26-33(30,31)24-9-5-2-6-10-24/h1-14,26H,15-20H2/b14-13+. The molecule has 33 heavy (non-hydrogen) atoms. The molecule has 1 aliphatic heterocycles. The summed E-state index contributed by atoms with van der Waals surface area (Å²) in [5.74, 6) is 0.910. The van der Waals surface area contributed by atoms with Gasteiger partial charge in [0.2, 0.25) is 15.9 Å². The largest absolute Gasteiger partial charge is 0.460 e. The molecule has 8 heteroatoms. The van der Waals surface area contributed by atoms with Gasteiger partial charge in [0, 0.05) is 38.8 Å². The quantitative estimate of drug-likeness (QED) is 0.517. The van der Waals surface area contributed by atoms with Crippen LogP contribution >= 0.6 is 0 Å². The summed E-state index contributed by atoms with van der Waals surface area (Å²) in [5, 5.41) is 0. The summed E-state index contributed by atoms with van der Waals surface area (Å²) in [4.78, 5) is 16.9. The number of carbonyl (C=O) groups excluding carboxylic acids is 1. The van der Waals surface area contributed by atoms with Gasteiger partial charge >= 0.3 is 0 Å². The van der Waals surface area contributed by atoms with Crippen molar-refractivity contribution in [3.63, 3.8) is 0 Å². The van der Waals surface area contributed by atoms with Crippen molar-refractivity contribution in [1.82, 2.24) is 14.5 Å². The summed E-state index contributed by atoms with van der Waals surface area (Å²) in [6, 6.07) is 21.9. The molecule has 172 valence electrons. The number of nitrogens with zero attached hydrogens (tertiary/aromatic N) is 2. The summed E-state index contributed by atoms with van der Waals surface area (Å²) >= 11 is 0. The third kappa shape index (κ3) is 6.41. The molecule has 0 unspecified atom stereocenters. The van der Waals surface area contributed by atoms with Crippen molar-refractivity contribution in [1.29, 1.82) is 0 Å². The molecule has 7 nitrogen and oxygen atoms in total. The lowest BCUT2D eigenvalue weighted by molar-refractivity contribution is -0.127. The lowest BCUT2D eigenvalue weighted by atomic mass is 10.2. The van der Waals surface area contributed by atoms with Gasteiger partial charge in [-0.3, -0.25) is 9.69 Å². The van der Waals surface area contributed by atoms with E-state index in [4.69, 9.17) is 4.42 Å². The van der Waals surface area contributed by atoms with Crippen LogP contribution in [0.1, 0.15) is 17.1 Å². The second kappa shape index (κ2) is 10.6. The first-order valence-electron chi connectivity index (χ1n) is 10.9. The van der Waals surface area contributed by atoms with Gasteiger partial charge in [-0.1, -0.05) is 48.5 Å². The molecule has 2 heterocycles. The number of piperazine rings is 1. The van der Waals surface area contributed by atoms with E-state index in [9.17, 15) is 13.2 Å².